The number of rotatable bonds is 4. The summed E-state index contributed by atoms with van der Waals surface area (Å²) in [6.07, 6.45) is 4.06. The smallest absolute Gasteiger partial charge is 0.111 e. The number of nitrogens with one attached hydrogen (secondary N) is 1. The van der Waals surface area contributed by atoms with Gasteiger partial charge in [0.05, 0.1) is 17.3 Å². The summed E-state index contributed by atoms with van der Waals surface area (Å²) in [5.41, 5.74) is 2.18. The summed E-state index contributed by atoms with van der Waals surface area (Å²) >= 11 is 0. The van der Waals surface area contributed by atoms with Crippen molar-refractivity contribution in [1.29, 1.82) is 0 Å². The largest absolute Gasteiger partial charge is 0.390 e. The van der Waals surface area contributed by atoms with E-state index in [1.807, 2.05) is 19.1 Å². The fourth-order valence-corrected chi connectivity index (χ4v) is 2.06. The fraction of sp³-hybridized carbons (Fsp3) is 0.500. The molecule has 0 radical (unpaired) electrons. The summed E-state index contributed by atoms with van der Waals surface area (Å²) in [6.45, 7) is 3.94. The first-order valence-electron chi connectivity index (χ1n) is 5.62. The van der Waals surface area contributed by atoms with Crippen LogP contribution in [0.4, 0.5) is 0 Å². The molecule has 4 nitrogen and oxygen atoms in total. The van der Waals surface area contributed by atoms with Crippen molar-refractivity contribution in [3.8, 4) is 0 Å². The third-order valence-corrected chi connectivity index (χ3v) is 2.72. The zero-order chi connectivity index (χ0) is 11.6. The van der Waals surface area contributed by atoms with E-state index in [4.69, 9.17) is 0 Å². The van der Waals surface area contributed by atoms with Crippen LogP contribution in [0.5, 0.6) is 0 Å². The lowest BCUT2D eigenvalue weighted by atomic mass is 9.95. The standard InChI is InChI=1S/C12H17N3O/c1-3-5-12(2,16)8-9-7-11-10(14-9)4-6-13-15-11/h4,6-7,14,16H,3,5,8H2,1-2H3. The minimum absolute atomic E-state index is 0.622. The Morgan fingerprint density at radius 3 is 3.00 bits per heavy atom. The third-order valence-electron chi connectivity index (χ3n) is 2.72. The summed E-state index contributed by atoms with van der Waals surface area (Å²) in [4.78, 5) is 3.25. The van der Waals surface area contributed by atoms with Crippen LogP contribution in [-0.4, -0.2) is 25.9 Å². The molecule has 86 valence electrons. The number of nitrogens with zero attached hydrogens (tertiary/aromatic N) is 2. The maximum atomic E-state index is 10.1. The SMILES string of the molecule is CCCC(C)(O)Cc1cc2nnccc2[nH]1. The van der Waals surface area contributed by atoms with E-state index >= 15 is 0 Å². The Bertz CT molecular complexity index is 443. The molecule has 0 bridgehead atoms. The van der Waals surface area contributed by atoms with Crippen molar-refractivity contribution in [1.82, 2.24) is 15.2 Å². The van der Waals surface area contributed by atoms with Crippen LogP contribution in [0.3, 0.4) is 0 Å². The Balaban J connectivity index is 2.21. The zero-order valence-corrected chi connectivity index (χ0v) is 9.70. The summed E-state index contributed by atoms with van der Waals surface area (Å²) in [5, 5.41) is 18.0. The maximum absolute atomic E-state index is 10.1. The highest BCUT2D eigenvalue weighted by molar-refractivity contribution is 5.74. The van der Waals surface area contributed by atoms with E-state index < -0.39 is 5.60 Å². The Morgan fingerprint density at radius 2 is 2.31 bits per heavy atom. The molecular formula is C12H17N3O. The second kappa shape index (κ2) is 4.22. The number of hydrogen-bond acceptors (Lipinski definition) is 3. The van der Waals surface area contributed by atoms with Crippen molar-refractivity contribution in [2.45, 2.75) is 38.7 Å². The molecule has 1 unspecified atom stereocenters. The first-order chi connectivity index (χ1) is 7.61. The minimum Gasteiger partial charge on any atom is -0.390 e. The predicted octanol–water partition coefficient (Wildman–Crippen LogP) is 2.05. The third kappa shape index (κ3) is 2.39. The molecular weight excluding hydrogens is 202 g/mol. The molecule has 0 aliphatic rings. The molecule has 0 aliphatic heterocycles. The molecule has 0 spiro atoms. The van der Waals surface area contributed by atoms with Gasteiger partial charge in [-0.2, -0.15) is 5.10 Å². The molecule has 0 saturated heterocycles. The van der Waals surface area contributed by atoms with Crippen molar-refractivity contribution in [3.05, 3.63) is 24.0 Å². The highest BCUT2D eigenvalue weighted by Gasteiger charge is 2.20. The van der Waals surface area contributed by atoms with E-state index in [9.17, 15) is 5.11 Å². The lowest BCUT2D eigenvalue weighted by molar-refractivity contribution is 0.0498. The van der Waals surface area contributed by atoms with E-state index in [1.165, 1.54) is 0 Å². The summed E-state index contributed by atoms with van der Waals surface area (Å²) in [6, 6.07) is 3.84. The highest BCUT2D eigenvalue weighted by atomic mass is 16.3. The molecule has 2 rings (SSSR count). The van der Waals surface area contributed by atoms with E-state index in [1.54, 1.807) is 6.20 Å². The van der Waals surface area contributed by atoms with Crippen molar-refractivity contribution < 1.29 is 5.11 Å². The summed E-state index contributed by atoms with van der Waals surface area (Å²) in [7, 11) is 0. The second-order valence-electron chi connectivity index (χ2n) is 4.55. The molecule has 2 aromatic rings. The lowest BCUT2D eigenvalue weighted by Gasteiger charge is -2.21. The van der Waals surface area contributed by atoms with Gasteiger partial charge in [-0.1, -0.05) is 13.3 Å². The van der Waals surface area contributed by atoms with Crippen LogP contribution in [0.25, 0.3) is 11.0 Å². The number of hydrogen-bond donors (Lipinski definition) is 2. The van der Waals surface area contributed by atoms with Gasteiger partial charge in [0.15, 0.2) is 0 Å². The van der Waals surface area contributed by atoms with Crippen molar-refractivity contribution in [3.63, 3.8) is 0 Å². The van der Waals surface area contributed by atoms with Gasteiger partial charge in [-0.3, -0.25) is 0 Å². The van der Waals surface area contributed by atoms with Crippen LogP contribution in [-0.2, 0) is 6.42 Å². The van der Waals surface area contributed by atoms with Crippen molar-refractivity contribution in [2.24, 2.45) is 0 Å². The van der Waals surface area contributed by atoms with E-state index in [0.717, 1.165) is 29.6 Å². The number of fused-ring (bicyclic) bond motifs is 1. The normalized spacial score (nSPS) is 15.2. The van der Waals surface area contributed by atoms with Crippen LogP contribution in [0, 0.1) is 0 Å². The van der Waals surface area contributed by atoms with Gasteiger partial charge in [-0.05, 0) is 25.5 Å². The number of aromatic amines is 1. The average molecular weight is 219 g/mol. The fourth-order valence-electron chi connectivity index (χ4n) is 2.06. The zero-order valence-electron chi connectivity index (χ0n) is 9.70. The molecule has 4 heteroatoms. The Kier molecular flexibility index (Phi) is 2.92. The van der Waals surface area contributed by atoms with Gasteiger partial charge in [-0.25, -0.2) is 0 Å². The molecule has 2 heterocycles. The molecule has 0 aliphatic carbocycles. The predicted molar refractivity (Wildman–Crippen MR) is 63.1 cm³/mol. The summed E-state index contributed by atoms with van der Waals surface area (Å²) < 4.78 is 0. The van der Waals surface area contributed by atoms with Crippen LogP contribution < -0.4 is 0 Å². The quantitative estimate of drug-likeness (QED) is 0.827. The van der Waals surface area contributed by atoms with Crippen LogP contribution >= 0.6 is 0 Å². The molecule has 0 aromatic carbocycles. The molecule has 1 atom stereocenters. The Labute approximate surface area is 94.7 Å². The molecule has 0 amide bonds. The lowest BCUT2D eigenvalue weighted by Crippen LogP contribution is -2.26. The van der Waals surface area contributed by atoms with Crippen LogP contribution in [0.1, 0.15) is 32.4 Å². The Morgan fingerprint density at radius 1 is 1.50 bits per heavy atom. The Hall–Kier alpha value is -1.42. The van der Waals surface area contributed by atoms with E-state index in [-0.39, 0.29) is 0 Å². The van der Waals surface area contributed by atoms with Crippen molar-refractivity contribution >= 4 is 11.0 Å². The summed E-state index contributed by atoms with van der Waals surface area (Å²) in [5.74, 6) is 0. The van der Waals surface area contributed by atoms with Crippen LogP contribution in [0.15, 0.2) is 18.3 Å². The van der Waals surface area contributed by atoms with Crippen molar-refractivity contribution in [2.75, 3.05) is 0 Å². The van der Waals surface area contributed by atoms with Gasteiger partial charge >= 0.3 is 0 Å². The van der Waals surface area contributed by atoms with E-state index in [0.29, 0.717) is 6.42 Å². The van der Waals surface area contributed by atoms with Gasteiger partial charge in [-0.15, -0.1) is 5.10 Å². The monoisotopic (exact) mass is 219 g/mol. The molecule has 16 heavy (non-hydrogen) atoms. The second-order valence-corrected chi connectivity index (χ2v) is 4.55. The van der Waals surface area contributed by atoms with Gasteiger partial charge in [0, 0.05) is 12.1 Å². The molecule has 2 N–H and O–H groups in total. The highest BCUT2D eigenvalue weighted by Crippen LogP contribution is 2.20. The van der Waals surface area contributed by atoms with E-state index in [2.05, 4.69) is 22.1 Å². The maximum Gasteiger partial charge on any atom is 0.111 e. The minimum atomic E-state index is -0.650. The molecule has 0 fully saturated rings. The topological polar surface area (TPSA) is 61.8 Å². The number of H-pyrrole nitrogens is 1. The van der Waals surface area contributed by atoms with Gasteiger partial charge < -0.3 is 10.1 Å². The van der Waals surface area contributed by atoms with Gasteiger partial charge in [0.1, 0.15) is 5.52 Å². The number of aromatic nitrogens is 3. The average Bonchev–Trinajstić information content (AvgIpc) is 2.58. The molecule has 2 aromatic heterocycles. The van der Waals surface area contributed by atoms with Crippen LogP contribution in [0.2, 0.25) is 0 Å². The molecule has 0 saturated carbocycles. The first kappa shape index (κ1) is 11.1. The van der Waals surface area contributed by atoms with Gasteiger partial charge in [0.25, 0.3) is 0 Å². The first-order valence-corrected chi connectivity index (χ1v) is 5.62. The van der Waals surface area contributed by atoms with Gasteiger partial charge in [0.2, 0.25) is 0 Å². The number of aliphatic hydroxyl groups is 1.